The molecule has 0 bridgehead atoms. The average molecular weight is 153 g/mol. The number of nitrogens with zero attached hydrogens (tertiary/aromatic N) is 1. The molecule has 0 spiro atoms. The summed E-state index contributed by atoms with van der Waals surface area (Å²) in [7, 11) is 1.48. The molecule has 0 amide bonds. The van der Waals surface area contributed by atoms with Crippen LogP contribution in [0.1, 0.15) is 5.56 Å². The van der Waals surface area contributed by atoms with Crippen LogP contribution in [0.15, 0.2) is 18.8 Å². The quantitative estimate of drug-likeness (QED) is 0.647. The second-order valence-electron chi connectivity index (χ2n) is 1.96. The predicted octanol–water partition coefficient (Wildman–Crippen LogP) is 1.87. The third-order valence-electron chi connectivity index (χ3n) is 1.26. The van der Waals surface area contributed by atoms with Crippen LogP contribution in [0.2, 0.25) is 0 Å². The Hall–Kier alpha value is -1.38. The lowest BCUT2D eigenvalue weighted by Gasteiger charge is -2.01. The van der Waals surface area contributed by atoms with Gasteiger partial charge in [-0.05, 0) is 6.07 Å². The van der Waals surface area contributed by atoms with Crippen LogP contribution in [-0.2, 0) is 0 Å². The second-order valence-corrected chi connectivity index (χ2v) is 1.96. The summed E-state index contributed by atoms with van der Waals surface area (Å²) in [5.41, 5.74) is 0.563. The van der Waals surface area contributed by atoms with Crippen LogP contribution in [0.5, 0.6) is 5.88 Å². The third-order valence-corrected chi connectivity index (χ3v) is 1.26. The van der Waals surface area contributed by atoms with Crippen molar-refractivity contribution in [3.05, 3.63) is 30.2 Å². The zero-order chi connectivity index (χ0) is 8.27. The summed E-state index contributed by atoms with van der Waals surface area (Å²) < 4.78 is 17.3. The minimum atomic E-state index is -0.388. The molecule has 1 rings (SSSR count). The lowest BCUT2D eigenvalue weighted by atomic mass is 10.2. The van der Waals surface area contributed by atoms with E-state index in [1.807, 2.05) is 0 Å². The number of ether oxygens (including phenoxy) is 1. The molecule has 0 aliphatic carbocycles. The van der Waals surface area contributed by atoms with Crippen molar-refractivity contribution in [2.24, 2.45) is 0 Å². The molecule has 0 aliphatic heterocycles. The lowest BCUT2D eigenvalue weighted by molar-refractivity contribution is 0.395. The Labute approximate surface area is 64.3 Å². The maximum Gasteiger partial charge on any atom is 0.220 e. The van der Waals surface area contributed by atoms with Crippen molar-refractivity contribution in [2.45, 2.75) is 0 Å². The summed E-state index contributed by atoms with van der Waals surface area (Å²) >= 11 is 0. The Kier molecular flexibility index (Phi) is 2.21. The molecule has 58 valence electrons. The Morgan fingerprint density at radius 1 is 1.73 bits per heavy atom. The number of hydrogen-bond acceptors (Lipinski definition) is 2. The van der Waals surface area contributed by atoms with E-state index in [1.165, 1.54) is 19.3 Å². The van der Waals surface area contributed by atoms with Crippen LogP contribution < -0.4 is 4.74 Å². The first-order valence-corrected chi connectivity index (χ1v) is 3.10. The molecule has 1 heterocycles. The van der Waals surface area contributed by atoms with Crippen LogP contribution in [0.4, 0.5) is 4.39 Å². The van der Waals surface area contributed by atoms with Crippen LogP contribution in [-0.4, -0.2) is 12.1 Å². The van der Waals surface area contributed by atoms with Crippen molar-refractivity contribution in [3.63, 3.8) is 0 Å². The van der Waals surface area contributed by atoms with E-state index in [-0.39, 0.29) is 5.82 Å². The van der Waals surface area contributed by atoms with Gasteiger partial charge in [0.15, 0.2) is 0 Å². The van der Waals surface area contributed by atoms with Gasteiger partial charge in [-0.2, -0.15) is 0 Å². The van der Waals surface area contributed by atoms with E-state index in [9.17, 15) is 4.39 Å². The molecule has 0 saturated carbocycles. The predicted molar refractivity (Wildman–Crippen MR) is 40.8 cm³/mol. The molecular formula is C8H8FNO. The molecule has 0 unspecified atom stereocenters. The maximum absolute atomic E-state index is 12.5. The minimum absolute atomic E-state index is 0.388. The van der Waals surface area contributed by atoms with E-state index in [0.29, 0.717) is 11.4 Å². The van der Waals surface area contributed by atoms with E-state index in [0.717, 1.165) is 6.20 Å². The molecule has 11 heavy (non-hydrogen) atoms. The molecule has 1 aromatic rings. The van der Waals surface area contributed by atoms with Gasteiger partial charge < -0.3 is 4.74 Å². The highest BCUT2D eigenvalue weighted by molar-refractivity contribution is 5.52. The number of methoxy groups -OCH3 is 1. The summed E-state index contributed by atoms with van der Waals surface area (Å²) in [6, 6.07) is 1.32. The van der Waals surface area contributed by atoms with Crippen molar-refractivity contribution in [1.29, 1.82) is 0 Å². The number of halogens is 1. The monoisotopic (exact) mass is 153 g/mol. The highest BCUT2D eigenvalue weighted by Crippen LogP contribution is 2.15. The third kappa shape index (κ3) is 1.55. The zero-order valence-corrected chi connectivity index (χ0v) is 6.17. The van der Waals surface area contributed by atoms with Crippen molar-refractivity contribution in [3.8, 4) is 5.88 Å². The maximum atomic E-state index is 12.5. The summed E-state index contributed by atoms with van der Waals surface area (Å²) in [5, 5.41) is 0. The molecule has 0 radical (unpaired) electrons. The largest absolute Gasteiger partial charge is 0.481 e. The Balaban J connectivity index is 3.16. The molecule has 2 nitrogen and oxygen atoms in total. The topological polar surface area (TPSA) is 22.1 Å². The van der Waals surface area contributed by atoms with Crippen LogP contribution >= 0.6 is 0 Å². The SMILES string of the molecule is C=Cc1cc(F)cnc1OC. The van der Waals surface area contributed by atoms with Gasteiger partial charge in [-0.15, -0.1) is 0 Å². The summed E-state index contributed by atoms with van der Waals surface area (Å²) in [6.45, 7) is 3.49. The number of hydrogen-bond donors (Lipinski definition) is 0. The Morgan fingerprint density at radius 3 is 3.00 bits per heavy atom. The fourth-order valence-corrected chi connectivity index (χ4v) is 0.759. The van der Waals surface area contributed by atoms with Gasteiger partial charge in [-0.25, -0.2) is 9.37 Å². The van der Waals surface area contributed by atoms with Crippen LogP contribution in [0, 0.1) is 5.82 Å². The van der Waals surface area contributed by atoms with Gasteiger partial charge in [0, 0.05) is 5.56 Å². The van der Waals surface area contributed by atoms with Crippen molar-refractivity contribution in [1.82, 2.24) is 4.98 Å². The van der Waals surface area contributed by atoms with Gasteiger partial charge >= 0.3 is 0 Å². The highest BCUT2D eigenvalue weighted by Gasteiger charge is 2.00. The molecule has 0 saturated heterocycles. The number of aromatic nitrogens is 1. The van der Waals surface area contributed by atoms with E-state index in [1.54, 1.807) is 0 Å². The Bertz CT molecular complexity index is 273. The first-order chi connectivity index (χ1) is 5.27. The van der Waals surface area contributed by atoms with E-state index >= 15 is 0 Å². The summed E-state index contributed by atoms with van der Waals surface area (Å²) in [4.78, 5) is 3.70. The molecule has 0 aromatic carbocycles. The van der Waals surface area contributed by atoms with Crippen LogP contribution in [0.3, 0.4) is 0 Å². The van der Waals surface area contributed by atoms with Crippen molar-refractivity contribution in [2.75, 3.05) is 7.11 Å². The number of rotatable bonds is 2. The zero-order valence-electron chi connectivity index (χ0n) is 6.17. The minimum Gasteiger partial charge on any atom is -0.481 e. The highest BCUT2D eigenvalue weighted by atomic mass is 19.1. The van der Waals surface area contributed by atoms with E-state index < -0.39 is 0 Å². The van der Waals surface area contributed by atoms with E-state index in [2.05, 4.69) is 11.6 Å². The van der Waals surface area contributed by atoms with E-state index in [4.69, 9.17) is 4.74 Å². The molecule has 0 fully saturated rings. The lowest BCUT2D eigenvalue weighted by Crippen LogP contribution is -1.91. The van der Waals surface area contributed by atoms with Gasteiger partial charge in [0.05, 0.1) is 13.3 Å². The molecule has 1 aromatic heterocycles. The fourth-order valence-electron chi connectivity index (χ4n) is 0.759. The van der Waals surface area contributed by atoms with Gasteiger partial charge in [-0.3, -0.25) is 0 Å². The molecular weight excluding hydrogens is 145 g/mol. The first kappa shape index (κ1) is 7.72. The Morgan fingerprint density at radius 2 is 2.45 bits per heavy atom. The van der Waals surface area contributed by atoms with Gasteiger partial charge in [0.2, 0.25) is 5.88 Å². The normalized spacial score (nSPS) is 9.27. The second kappa shape index (κ2) is 3.14. The van der Waals surface area contributed by atoms with Crippen molar-refractivity contribution >= 4 is 6.08 Å². The average Bonchev–Trinajstić information content (AvgIpc) is 2.04. The molecule has 0 atom stereocenters. The van der Waals surface area contributed by atoms with Gasteiger partial charge in [-0.1, -0.05) is 12.7 Å². The first-order valence-electron chi connectivity index (χ1n) is 3.10. The van der Waals surface area contributed by atoms with Crippen LogP contribution in [0.25, 0.3) is 6.08 Å². The number of pyridine rings is 1. The van der Waals surface area contributed by atoms with Gasteiger partial charge in [0.25, 0.3) is 0 Å². The molecule has 0 aliphatic rings. The van der Waals surface area contributed by atoms with Crippen molar-refractivity contribution < 1.29 is 9.13 Å². The summed E-state index contributed by atoms with van der Waals surface area (Å²) in [6.07, 6.45) is 2.60. The summed E-state index contributed by atoms with van der Waals surface area (Å²) in [5.74, 6) is 0.00194. The smallest absolute Gasteiger partial charge is 0.220 e. The fraction of sp³-hybridized carbons (Fsp3) is 0.125. The molecule has 3 heteroatoms. The molecule has 0 N–H and O–H groups in total. The standard InChI is InChI=1S/C8H8FNO/c1-3-6-4-7(9)5-10-8(6)11-2/h3-5H,1H2,2H3. The van der Waals surface area contributed by atoms with Gasteiger partial charge in [0.1, 0.15) is 5.82 Å².